The summed E-state index contributed by atoms with van der Waals surface area (Å²) in [7, 11) is 0. The van der Waals surface area contributed by atoms with Crippen molar-refractivity contribution < 1.29 is 4.74 Å². The molecule has 166 valence electrons. The molecule has 2 aromatic heterocycles. The van der Waals surface area contributed by atoms with Crippen LogP contribution in [0.5, 0.6) is 5.75 Å². The number of nitrogens with two attached hydrogens (primary N) is 1. The molecule has 0 radical (unpaired) electrons. The van der Waals surface area contributed by atoms with E-state index >= 15 is 0 Å². The second-order valence-corrected chi connectivity index (χ2v) is 8.78. The number of anilines is 1. The SMILES string of the molecule is CCCN1CC(c2c(C)c(Cl)cc(C(C)n3nc(C)c4c(N)ncnc43)c2OCC)C1. The molecule has 1 aromatic carbocycles. The van der Waals surface area contributed by atoms with E-state index in [-0.39, 0.29) is 6.04 Å². The van der Waals surface area contributed by atoms with Crippen molar-refractivity contribution in [2.24, 2.45) is 0 Å². The molecule has 1 fully saturated rings. The summed E-state index contributed by atoms with van der Waals surface area (Å²) in [6.07, 6.45) is 2.65. The van der Waals surface area contributed by atoms with Crippen molar-refractivity contribution in [2.45, 2.75) is 53.0 Å². The number of likely N-dealkylation sites (tertiary alicyclic amines) is 1. The normalized spacial score (nSPS) is 15.9. The summed E-state index contributed by atoms with van der Waals surface area (Å²) < 4.78 is 8.17. The van der Waals surface area contributed by atoms with Crippen molar-refractivity contribution in [3.63, 3.8) is 0 Å². The van der Waals surface area contributed by atoms with Crippen LogP contribution < -0.4 is 10.5 Å². The van der Waals surface area contributed by atoms with Crippen LogP contribution in [-0.2, 0) is 0 Å². The Balaban J connectivity index is 1.82. The van der Waals surface area contributed by atoms with Gasteiger partial charge in [-0.2, -0.15) is 5.10 Å². The number of aryl methyl sites for hydroxylation is 1. The predicted molar refractivity (Wildman–Crippen MR) is 125 cm³/mol. The highest BCUT2D eigenvalue weighted by atomic mass is 35.5. The fraction of sp³-hybridized carbons (Fsp3) is 0.522. The standard InChI is InChI=1S/C23H31ClN6O/c1-6-8-29-10-16(11-29)19-13(3)18(24)9-17(21(19)31-7-2)15(5)30-23-20(14(4)28-30)22(25)26-12-27-23/h9,12,15-16H,6-8,10-11H2,1-5H3,(H2,25,26,27). The van der Waals surface area contributed by atoms with Crippen LogP contribution in [0.1, 0.15) is 61.5 Å². The topological polar surface area (TPSA) is 82.1 Å². The van der Waals surface area contributed by atoms with Crippen LogP contribution in [0.4, 0.5) is 5.82 Å². The van der Waals surface area contributed by atoms with Crippen molar-refractivity contribution >= 4 is 28.5 Å². The van der Waals surface area contributed by atoms with Crippen LogP contribution in [0.3, 0.4) is 0 Å². The minimum absolute atomic E-state index is 0.129. The number of nitrogen functional groups attached to an aromatic ring is 1. The molecular weight excluding hydrogens is 412 g/mol. The maximum atomic E-state index is 6.75. The van der Waals surface area contributed by atoms with Gasteiger partial charge in [-0.15, -0.1) is 0 Å². The van der Waals surface area contributed by atoms with Crippen LogP contribution in [0, 0.1) is 13.8 Å². The Bertz CT molecular complexity index is 1110. The number of rotatable bonds is 7. The van der Waals surface area contributed by atoms with E-state index in [0.717, 1.165) is 58.3 Å². The largest absolute Gasteiger partial charge is 0.493 e. The molecule has 1 aliphatic rings. The summed E-state index contributed by atoms with van der Waals surface area (Å²) in [5.74, 6) is 1.80. The highest BCUT2D eigenvalue weighted by molar-refractivity contribution is 6.31. The average Bonchev–Trinajstić information content (AvgIpc) is 3.05. The van der Waals surface area contributed by atoms with E-state index in [9.17, 15) is 0 Å². The number of nitrogens with zero attached hydrogens (tertiary/aromatic N) is 5. The van der Waals surface area contributed by atoms with Gasteiger partial charge in [0.1, 0.15) is 17.9 Å². The molecule has 1 atom stereocenters. The first-order chi connectivity index (χ1) is 14.9. The van der Waals surface area contributed by atoms with Crippen molar-refractivity contribution in [1.29, 1.82) is 0 Å². The van der Waals surface area contributed by atoms with Gasteiger partial charge in [-0.3, -0.25) is 0 Å². The van der Waals surface area contributed by atoms with Crippen LogP contribution in [0.15, 0.2) is 12.4 Å². The minimum Gasteiger partial charge on any atom is -0.493 e. The average molecular weight is 443 g/mol. The smallest absolute Gasteiger partial charge is 0.164 e. The molecule has 1 aliphatic heterocycles. The zero-order valence-corrected chi connectivity index (χ0v) is 19.7. The summed E-state index contributed by atoms with van der Waals surface area (Å²) >= 11 is 6.75. The Hall–Kier alpha value is -2.38. The highest BCUT2D eigenvalue weighted by Crippen LogP contribution is 2.44. The fourth-order valence-corrected chi connectivity index (χ4v) is 4.91. The monoisotopic (exact) mass is 442 g/mol. The van der Waals surface area contributed by atoms with Crippen molar-refractivity contribution in [3.8, 4) is 5.75 Å². The van der Waals surface area contributed by atoms with Gasteiger partial charge in [0.05, 0.1) is 23.7 Å². The summed E-state index contributed by atoms with van der Waals surface area (Å²) in [6, 6.07) is 1.89. The third-order valence-corrected chi connectivity index (χ3v) is 6.65. The van der Waals surface area contributed by atoms with Gasteiger partial charge >= 0.3 is 0 Å². The van der Waals surface area contributed by atoms with E-state index in [4.69, 9.17) is 27.2 Å². The third kappa shape index (κ3) is 3.74. The Morgan fingerprint density at radius 3 is 2.68 bits per heavy atom. The maximum Gasteiger partial charge on any atom is 0.164 e. The number of halogens is 1. The first-order valence-electron chi connectivity index (χ1n) is 11.0. The summed E-state index contributed by atoms with van der Waals surface area (Å²) in [5, 5.41) is 6.30. The summed E-state index contributed by atoms with van der Waals surface area (Å²) in [5.41, 5.74) is 11.0. The van der Waals surface area contributed by atoms with E-state index in [1.807, 2.05) is 24.6 Å². The Labute approximate surface area is 188 Å². The van der Waals surface area contributed by atoms with Gasteiger partial charge in [-0.1, -0.05) is 18.5 Å². The Morgan fingerprint density at radius 1 is 1.26 bits per heavy atom. The Morgan fingerprint density at radius 2 is 2.00 bits per heavy atom. The number of fused-ring (bicyclic) bond motifs is 1. The predicted octanol–water partition coefficient (Wildman–Crippen LogP) is 4.50. The van der Waals surface area contributed by atoms with Crippen LogP contribution in [-0.4, -0.2) is 50.9 Å². The number of hydrogen-bond acceptors (Lipinski definition) is 6. The summed E-state index contributed by atoms with van der Waals surface area (Å²) in [6.45, 7) is 14.2. The molecule has 3 heterocycles. The quantitative estimate of drug-likeness (QED) is 0.580. The van der Waals surface area contributed by atoms with E-state index in [0.29, 0.717) is 18.3 Å². The number of ether oxygens (including phenoxy) is 1. The lowest BCUT2D eigenvalue weighted by molar-refractivity contribution is 0.145. The summed E-state index contributed by atoms with van der Waals surface area (Å²) in [4.78, 5) is 11.1. The molecule has 4 rings (SSSR count). The molecule has 7 nitrogen and oxygen atoms in total. The van der Waals surface area contributed by atoms with Crippen molar-refractivity contribution in [2.75, 3.05) is 32.0 Å². The van der Waals surface area contributed by atoms with E-state index in [1.165, 1.54) is 18.3 Å². The van der Waals surface area contributed by atoms with Crippen molar-refractivity contribution in [3.05, 3.63) is 39.8 Å². The van der Waals surface area contributed by atoms with E-state index in [2.05, 4.69) is 35.6 Å². The lowest BCUT2D eigenvalue weighted by Crippen LogP contribution is -2.45. The molecule has 0 bridgehead atoms. The van der Waals surface area contributed by atoms with Crippen LogP contribution in [0.2, 0.25) is 5.02 Å². The molecule has 2 N–H and O–H groups in total. The molecule has 0 amide bonds. The molecule has 8 heteroatoms. The molecular formula is C23H31ClN6O. The van der Waals surface area contributed by atoms with Gasteiger partial charge in [0.25, 0.3) is 0 Å². The first-order valence-corrected chi connectivity index (χ1v) is 11.4. The van der Waals surface area contributed by atoms with Gasteiger partial charge < -0.3 is 15.4 Å². The van der Waals surface area contributed by atoms with E-state index < -0.39 is 0 Å². The Kier molecular flexibility index (Phi) is 6.08. The number of aromatic nitrogens is 4. The second kappa shape index (κ2) is 8.63. The van der Waals surface area contributed by atoms with Crippen molar-refractivity contribution in [1.82, 2.24) is 24.6 Å². The third-order valence-electron chi connectivity index (χ3n) is 6.26. The van der Waals surface area contributed by atoms with Gasteiger partial charge in [-0.25, -0.2) is 14.6 Å². The first kappa shape index (κ1) is 21.8. The van der Waals surface area contributed by atoms with Crippen LogP contribution >= 0.6 is 11.6 Å². The zero-order chi connectivity index (χ0) is 22.3. The van der Waals surface area contributed by atoms with Gasteiger partial charge in [0.15, 0.2) is 5.65 Å². The lowest BCUT2D eigenvalue weighted by atomic mass is 9.85. The van der Waals surface area contributed by atoms with Gasteiger partial charge in [-0.05, 0) is 52.3 Å². The molecule has 0 aliphatic carbocycles. The fourth-order valence-electron chi connectivity index (χ4n) is 4.69. The highest BCUT2D eigenvalue weighted by Gasteiger charge is 2.34. The number of benzene rings is 1. The lowest BCUT2D eigenvalue weighted by Gasteiger charge is -2.41. The molecule has 0 spiro atoms. The number of hydrogen-bond donors (Lipinski definition) is 1. The van der Waals surface area contributed by atoms with E-state index in [1.54, 1.807) is 0 Å². The minimum atomic E-state index is -0.129. The zero-order valence-electron chi connectivity index (χ0n) is 18.9. The molecule has 1 unspecified atom stereocenters. The molecule has 0 saturated carbocycles. The van der Waals surface area contributed by atoms with Crippen LogP contribution in [0.25, 0.3) is 11.0 Å². The maximum absolute atomic E-state index is 6.75. The molecule has 1 saturated heterocycles. The van der Waals surface area contributed by atoms with Gasteiger partial charge in [0, 0.05) is 35.2 Å². The van der Waals surface area contributed by atoms with Gasteiger partial charge in [0.2, 0.25) is 0 Å². The second-order valence-electron chi connectivity index (χ2n) is 8.37. The molecule has 3 aromatic rings. The molecule has 31 heavy (non-hydrogen) atoms.